The molecule has 0 bridgehead atoms. The summed E-state index contributed by atoms with van der Waals surface area (Å²) >= 11 is 3.35. The van der Waals surface area contributed by atoms with Crippen LogP contribution in [0.5, 0.6) is 0 Å². The Morgan fingerprint density at radius 3 is 2.67 bits per heavy atom. The Balaban J connectivity index is 2.94. The molecule has 0 aliphatic carbocycles. The Labute approximate surface area is 114 Å². The lowest BCUT2D eigenvalue weighted by molar-refractivity contribution is -0.384. The van der Waals surface area contributed by atoms with E-state index in [0.29, 0.717) is 5.33 Å². The second-order valence-electron chi connectivity index (χ2n) is 4.45. The summed E-state index contributed by atoms with van der Waals surface area (Å²) in [5.41, 5.74) is -0.169. The van der Waals surface area contributed by atoms with E-state index in [9.17, 15) is 14.9 Å². The smallest absolute Gasteiger partial charge is 0.287 e. The van der Waals surface area contributed by atoms with Crippen molar-refractivity contribution in [3.8, 4) is 0 Å². The molecule has 1 aromatic rings. The summed E-state index contributed by atoms with van der Waals surface area (Å²) in [6.07, 6.45) is 2.09. The third-order valence-corrected chi connectivity index (χ3v) is 4.16. The molecule has 1 heterocycles. The van der Waals surface area contributed by atoms with E-state index in [-0.39, 0.29) is 22.8 Å². The number of halogens is 1. The SMILES string of the molecule is CCC(C)(CBr)NC(=O)c1cc([N+](=O)[O-])cn1C. The standard InChI is InChI=1S/C11H16BrN3O3/c1-4-11(2,7-12)13-10(16)9-5-8(15(17)18)6-14(9)3/h5-6H,4,7H2,1-3H3,(H,13,16). The van der Waals surface area contributed by atoms with E-state index in [1.54, 1.807) is 7.05 Å². The van der Waals surface area contributed by atoms with Crippen LogP contribution in [0.15, 0.2) is 12.3 Å². The van der Waals surface area contributed by atoms with Crippen LogP contribution in [0.25, 0.3) is 0 Å². The fraction of sp³-hybridized carbons (Fsp3) is 0.545. The van der Waals surface area contributed by atoms with E-state index in [2.05, 4.69) is 21.2 Å². The minimum absolute atomic E-state index is 0.0836. The van der Waals surface area contributed by atoms with Crippen molar-refractivity contribution in [1.82, 2.24) is 9.88 Å². The van der Waals surface area contributed by atoms with Gasteiger partial charge >= 0.3 is 0 Å². The molecule has 7 heteroatoms. The molecular formula is C11H16BrN3O3. The first-order chi connectivity index (χ1) is 8.33. The molecule has 1 unspecified atom stereocenters. The Morgan fingerprint density at radius 2 is 2.28 bits per heavy atom. The van der Waals surface area contributed by atoms with Crippen molar-refractivity contribution in [1.29, 1.82) is 0 Å². The van der Waals surface area contributed by atoms with Crippen LogP contribution in [-0.2, 0) is 7.05 Å². The summed E-state index contributed by atoms with van der Waals surface area (Å²) in [7, 11) is 1.61. The molecular weight excluding hydrogens is 302 g/mol. The van der Waals surface area contributed by atoms with E-state index >= 15 is 0 Å². The highest BCUT2D eigenvalue weighted by Gasteiger charge is 2.26. The monoisotopic (exact) mass is 317 g/mol. The quantitative estimate of drug-likeness (QED) is 0.514. The maximum Gasteiger partial charge on any atom is 0.287 e. The predicted octanol–water partition coefficient (Wildman–Crippen LogP) is 2.23. The normalized spacial score (nSPS) is 14.0. The predicted molar refractivity (Wildman–Crippen MR) is 72.0 cm³/mol. The van der Waals surface area contributed by atoms with E-state index in [4.69, 9.17) is 0 Å². The van der Waals surface area contributed by atoms with Gasteiger partial charge in [0.1, 0.15) is 5.69 Å². The zero-order valence-corrected chi connectivity index (χ0v) is 12.2. The highest BCUT2D eigenvalue weighted by Crippen LogP contribution is 2.18. The van der Waals surface area contributed by atoms with Crippen LogP contribution in [0.4, 0.5) is 5.69 Å². The molecule has 0 saturated carbocycles. The molecule has 6 nitrogen and oxygen atoms in total. The van der Waals surface area contributed by atoms with Crippen molar-refractivity contribution in [2.24, 2.45) is 7.05 Å². The summed E-state index contributed by atoms with van der Waals surface area (Å²) in [4.78, 5) is 22.2. The number of hydrogen-bond donors (Lipinski definition) is 1. The van der Waals surface area contributed by atoms with E-state index < -0.39 is 4.92 Å². The molecule has 0 saturated heterocycles. The summed E-state index contributed by atoms with van der Waals surface area (Å²) in [5.74, 6) is -0.311. The van der Waals surface area contributed by atoms with Gasteiger partial charge in [0.15, 0.2) is 0 Å². The first-order valence-corrected chi connectivity index (χ1v) is 6.64. The van der Waals surface area contributed by atoms with Crippen molar-refractivity contribution in [2.75, 3.05) is 5.33 Å². The van der Waals surface area contributed by atoms with E-state index in [0.717, 1.165) is 6.42 Å². The molecule has 0 aliphatic rings. The van der Waals surface area contributed by atoms with Gasteiger partial charge in [0.05, 0.1) is 11.1 Å². The molecule has 0 fully saturated rings. The molecule has 1 amide bonds. The summed E-state index contributed by atoms with van der Waals surface area (Å²) < 4.78 is 1.46. The van der Waals surface area contributed by atoms with Crippen LogP contribution in [0.1, 0.15) is 30.8 Å². The van der Waals surface area contributed by atoms with Crippen LogP contribution in [0.2, 0.25) is 0 Å². The number of amides is 1. The number of alkyl halides is 1. The van der Waals surface area contributed by atoms with Gasteiger partial charge in [-0.1, -0.05) is 22.9 Å². The number of carbonyl (C=O) groups is 1. The third kappa shape index (κ3) is 3.10. The van der Waals surface area contributed by atoms with Crippen molar-refractivity contribution < 1.29 is 9.72 Å². The average molecular weight is 318 g/mol. The Morgan fingerprint density at radius 1 is 1.67 bits per heavy atom. The fourth-order valence-electron chi connectivity index (χ4n) is 1.43. The topological polar surface area (TPSA) is 77.2 Å². The zero-order chi connectivity index (χ0) is 13.9. The summed E-state index contributed by atoms with van der Waals surface area (Å²) in [6.45, 7) is 3.88. The van der Waals surface area contributed by atoms with Gasteiger partial charge < -0.3 is 9.88 Å². The number of nitro groups is 1. The molecule has 0 spiro atoms. The van der Waals surface area contributed by atoms with E-state index in [1.165, 1.54) is 16.8 Å². The lowest BCUT2D eigenvalue weighted by atomic mass is 10.0. The van der Waals surface area contributed by atoms with Crippen LogP contribution < -0.4 is 5.32 Å². The molecule has 0 aromatic carbocycles. The Kier molecular flexibility index (Phi) is 4.50. The molecule has 100 valence electrons. The van der Waals surface area contributed by atoms with Gasteiger partial charge in [-0.05, 0) is 13.3 Å². The summed E-state index contributed by atoms with van der Waals surface area (Å²) in [5, 5.41) is 14.1. The molecule has 1 atom stereocenters. The lowest BCUT2D eigenvalue weighted by Crippen LogP contribution is -2.47. The number of hydrogen-bond acceptors (Lipinski definition) is 3. The van der Waals surface area contributed by atoms with Crippen LogP contribution in [-0.4, -0.2) is 26.3 Å². The molecule has 1 aromatic heterocycles. The highest BCUT2D eigenvalue weighted by molar-refractivity contribution is 9.09. The molecule has 0 radical (unpaired) electrons. The van der Waals surface area contributed by atoms with Gasteiger partial charge in [-0.15, -0.1) is 0 Å². The minimum Gasteiger partial charge on any atom is -0.345 e. The van der Waals surface area contributed by atoms with Crippen LogP contribution in [0.3, 0.4) is 0 Å². The molecule has 0 aliphatic heterocycles. The molecule has 18 heavy (non-hydrogen) atoms. The van der Waals surface area contributed by atoms with Crippen LogP contribution >= 0.6 is 15.9 Å². The van der Waals surface area contributed by atoms with Gasteiger partial charge in [-0.2, -0.15) is 0 Å². The largest absolute Gasteiger partial charge is 0.345 e. The lowest BCUT2D eigenvalue weighted by Gasteiger charge is -2.27. The first kappa shape index (κ1) is 14.7. The van der Waals surface area contributed by atoms with Gasteiger partial charge in [-0.3, -0.25) is 14.9 Å². The minimum atomic E-state index is -0.514. The average Bonchev–Trinajstić information content (AvgIpc) is 2.71. The number of carbonyl (C=O) groups excluding carboxylic acids is 1. The van der Waals surface area contributed by atoms with Crippen molar-refractivity contribution in [2.45, 2.75) is 25.8 Å². The Bertz CT molecular complexity index is 466. The second-order valence-corrected chi connectivity index (χ2v) is 5.01. The van der Waals surface area contributed by atoms with Crippen molar-refractivity contribution >= 4 is 27.5 Å². The number of aryl methyl sites for hydroxylation is 1. The zero-order valence-electron chi connectivity index (χ0n) is 10.6. The van der Waals surface area contributed by atoms with Gasteiger partial charge in [-0.25, -0.2) is 0 Å². The van der Waals surface area contributed by atoms with Gasteiger partial charge in [0.25, 0.3) is 11.6 Å². The second kappa shape index (κ2) is 5.51. The van der Waals surface area contributed by atoms with Crippen molar-refractivity contribution in [3.63, 3.8) is 0 Å². The van der Waals surface area contributed by atoms with Crippen molar-refractivity contribution in [3.05, 3.63) is 28.1 Å². The fourth-order valence-corrected chi connectivity index (χ4v) is 1.96. The third-order valence-electron chi connectivity index (χ3n) is 2.92. The van der Waals surface area contributed by atoms with E-state index in [1.807, 2.05) is 13.8 Å². The number of nitrogens with zero attached hydrogens (tertiary/aromatic N) is 2. The highest BCUT2D eigenvalue weighted by atomic mass is 79.9. The summed E-state index contributed by atoms with van der Waals surface area (Å²) in [6, 6.07) is 1.28. The molecule has 1 rings (SSSR count). The van der Waals surface area contributed by atoms with Gasteiger partial charge in [0, 0.05) is 24.0 Å². The number of nitrogens with one attached hydrogen (secondary N) is 1. The van der Waals surface area contributed by atoms with Crippen LogP contribution in [0, 0.1) is 10.1 Å². The number of rotatable bonds is 5. The number of aromatic nitrogens is 1. The Hall–Kier alpha value is -1.37. The maximum atomic E-state index is 12.1. The maximum absolute atomic E-state index is 12.1. The first-order valence-electron chi connectivity index (χ1n) is 5.52. The molecule has 1 N–H and O–H groups in total. The van der Waals surface area contributed by atoms with Gasteiger partial charge in [0.2, 0.25) is 0 Å².